The topological polar surface area (TPSA) is 115 Å². The molecule has 2 heterocycles. The Morgan fingerprint density at radius 3 is 1.93 bits per heavy atom. The van der Waals surface area contributed by atoms with E-state index < -0.39 is 47.8 Å². The molecule has 0 aromatic carbocycles. The van der Waals surface area contributed by atoms with Gasteiger partial charge in [0.25, 0.3) is 0 Å². The molecule has 1 spiro atoms. The lowest BCUT2D eigenvalue weighted by atomic mass is 9.77. The summed E-state index contributed by atoms with van der Waals surface area (Å²) in [6.45, 7) is 21.4. The van der Waals surface area contributed by atoms with Gasteiger partial charge in [-0.3, -0.25) is 9.59 Å². The summed E-state index contributed by atoms with van der Waals surface area (Å²) in [5, 5.41) is 21.4. The van der Waals surface area contributed by atoms with Crippen LogP contribution >= 0.6 is 0 Å². The number of Topliss-reactive ketones (excluding diaryl/α,β-unsaturated/α-hetero) is 1. The van der Waals surface area contributed by atoms with Crippen LogP contribution in [0.2, 0.25) is 0 Å². The molecular weight excluding hydrogens is 536 g/mol. The molecule has 0 bridgehead atoms. The fourth-order valence-electron chi connectivity index (χ4n) is 6.43. The fourth-order valence-corrected chi connectivity index (χ4v) is 6.43. The molecule has 0 aromatic rings. The summed E-state index contributed by atoms with van der Waals surface area (Å²) < 4.78 is 23.7. The summed E-state index contributed by atoms with van der Waals surface area (Å²) in [6, 6.07) is 0. The molecule has 2 unspecified atom stereocenters. The van der Waals surface area contributed by atoms with Gasteiger partial charge in [0, 0.05) is 25.4 Å². The highest BCUT2D eigenvalue weighted by Crippen LogP contribution is 2.41. The lowest BCUT2D eigenvalue weighted by Crippen LogP contribution is -2.48. The Kier molecular flexibility index (Phi) is 16.2. The zero-order valence-corrected chi connectivity index (χ0v) is 28.3. The molecule has 0 radical (unpaired) electrons. The number of aliphatic hydroxyl groups excluding tert-OH is 2. The molecule has 2 aliphatic heterocycles. The maximum atomic E-state index is 13.3. The van der Waals surface area contributed by atoms with Gasteiger partial charge in [-0.25, -0.2) is 0 Å². The molecule has 8 heteroatoms. The number of ketones is 1. The minimum atomic E-state index is -0.943. The first kappa shape index (κ1) is 38.5. The van der Waals surface area contributed by atoms with Gasteiger partial charge in [0.15, 0.2) is 11.4 Å². The van der Waals surface area contributed by atoms with Gasteiger partial charge in [0.1, 0.15) is 6.10 Å². The number of aliphatic hydroxyl groups is 2. The van der Waals surface area contributed by atoms with Gasteiger partial charge in [-0.05, 0) is 64.7 Å². The lowest BCUT2D eigenvalue weighted by Gasteiger charge is -2.41. The van der Waals surface area contributed by atoms with Crippen molar-refractivity contribution in [3.8, 4) is 11.8 Å². The van der Waals surface area contributed by atoms with Crippen molar-refractivity contribution < 1.29 is 38.7 Å². The molecule has 3 rings (SSSR count). The zero-order valence-electron chi connectivity index (χ0n) is 28.3. The molecule has 13 atom stereocenters. The van der Waals surface area contributed by atoms with Crippen LogP contribution in [-0.2, 0) is 28.5 Å². The molecule has 244 valence electrons. The number of carbonyl (C=O) groups is 2. The second-order valence-corrected chi connectivity index (χ2v) is 12.7. The number of rotatable bonds is 3. The third kappa shape index (κ3) is 10.0. The first-order chi connectivity index (χ1) is 19.7. The molecule has 2 N–H and O–H groups in total. The van der Waals surface area contributed by atoms with Crippen molar-refractivity contribution in [2.75, 3.05) is 13.7 Å². The second-order valence-electron chi connectivity index (χ2n) is 12.7. The molecular formula is C34H60O8. The predicted molar refractivity (Wildman–Crippen MR) is 165 cm³/mol. The number of epoxide rings is 1. The predicted octanol–water partition coefficient (Wildman–Crippen LogP) is 5.21. The third-order valence-electron chi connectivity index (χ3n) is 9.32. The van der Waals surface area contributed by atoms with Gasteiger partial charge in [-0.15, -0.1) is 11.8 Å². The van der Waals surface area contributed by atoms with Gasteiger partial charge in [-0.1, -0.05) is 48.5 Å². The number of ether oxygens (including phenoxy) is 4. The minimum absolute atomic E-state index is 0.0194. The van der Waals surface area contributed by atoms with Gasteiger partial charge >= 0.3 is 5.97 Å². The third-order valence-corrected chi connectivity index (χ3v) is 9.32. The van der Waals surface area contributed by atoms with Crippen molar-refractivity contribution in [2.24, 2.45) is 35.5 Å². The average molecular weight is 597 g/mol. The Labute approximate surface area is 255 Å². The van der Waals surface area contributed by atoms with Crippen LogP contribution in [0.4, 0.5) is 0 Å². The van der Waals surface area contributed by atoms with E-state index in [1.807, 2.05) is 48.5 Å². The van der Waals surface area contributed by atoms with Crippen LogP contribution in [0.3, 0.4) is 0 Å². The Hall–Kier alpha value is -1.50. The van der Waals surface area contributed by atoms with E-state index in [-0.39, 0.29) is 41.7 Å². The largest absolute Gasteiger partial charge is 0.462 e. The monoisotopic (exact) mass is 596 g/mol. The first-order valence-electron chi connectivity index (χ1n) is 16.0. The van der Waals surface area contributed by atoms with Crippen molar-refractivity contribution >= 4 is 11.8 Å². The van der Waals surface area contributed by atoms with Gasteiger partial charge in [0.05, 0.1) is 43.0 Å². The van der Waals surface area contributed by atoms with Crippen LogP contribution in [0, 0.1) is 47.3 Å². The van der Waals surface area contributed by atoms with Gasteiger partial charge < -0.3 is 29.2 Å². The number of esters is 1. The van der Waals surface area contributed by atoms with Crippen molar-refractivity contribution in [1.82, 2.24) is 0 Å². The first-order valence-corrected chi connectivity index (χ1v) is 16.0. The van der Waals surface area contributed by atoms with E-state index in [4.69, 9.17) is 18.9 Å². The van der Waals surface area contributed by atoms with Crippen molar-refractivity contribution in [3.63, 3.8) is 0 Å². The maximum Gasteiger partial charge on any atom is 0.311 e. The standard InChI is InChI=1S/C28H48O8.C4H6.C2H6/c1-14-9-16(3)25(36-21-10-15(2)23(29)22(11-21)33-8)19(6)27(32)35-20(7)17(4)24(30)18(5)26(31)28(12-14)13-34-28;1-3-4-2;1-2/h14-25,29-30H,9-13H2,1-8H3;1-2H3;1-2H3/t14-,15?,16-,17+,18-,19-,20-,21-,22-,23+,24+,25+,28?;;/m1../s1. The minimum Gasteiger partial charge on any atom is -0.462 e. The van der Waals surface area contributed by atoms with Crippen LogP contribution in [0.1, 0.15) is 102 Å². The maximum absolute atomic E-state index is 13.3. The van der Waals surface area contributed by atoms with Gasteiger partial charge in [-0.2, -0.15) is 0 Å². The number of cyclic esters (lactones) is 1. The lowest BCUT2D eigenvalue weighted by molar-refractivity contribution is -0.175. The fraction of sp³-hybridized carbons (Fsp3) is 0.882. The molecule has 0 aromatic heterocycles. The Morgan fingerprint density at radius 1 is 0.857 bits per heavy atom. The molecule has 0 amide bonds. The highest BCUT2D eigenvalue weighted by atomic mass is 16.6. The number of hydrogen-bond donors (Lipinski definition) is 2. The second kappa shape index (κ2) is 17.7. The molecule has 3 aliphatic rings. The van der Waals surface area contributed by atoms with E-state index in [9.17, 15) is 19.8 Å². The highest BCUT2D eigenvalue weighted by Gasteiger charge is 2.55. The van der Waals surface area contributed by atoms with Crippen molar-refractivity contribution in [1.29, 1.82) is 0 Å². The highest BCUT2D eigenvalue weighted by molar-refractivity contribution is 5.92. The molecule has 8 nitrogen and oxygen atoms in total. The summed E-state index contributed by atoms with van der Waals surface area (Å²) in [5.74, 6) is 3.58. The average Bonchev–Trinajstić information content (AvgIpc) is 3.76. The van der Waals surface area contributed by atoms with Crippen molar-refractivity contribution in [3.05, 3.63) is 0 Å². The summed E-state index contributed by atoms with van der Waals surface area (Å²) >= 11 is 0. The Morgan fingerprint density at radius 2 is 1.43 bits per heavy atom. The zero-order chi connectivity index (χ0) is 32.4. The quantitative estimate of drug-likeness (QED) is 0.259. The Bertz CT molecular complexity index is 884. The molecule has 3 fully saturated rings. The number of hydrogen-bond acceptors (Lipinski definition) is 8. The molecule has 1 saturated carbocycles. The van der Waals surface area contributed by atoms with Crippen LogP contribution in [-0.4, -0.2) is 77.9 Å². The van der Waals surface area contributed by atoms with E-state index in [2.05, 4.69) is 25.7 Å². The number of carbonyl (C=O) groups excluding carboxylic acids is 2. The van der Waals surface area contributed by atoms with Crippen LogP contribution in [0.5, 0.6) is 0 Å². The Balaban J connectivity index is 0.00000135. The van der Waals surface area contributed by atoms with Crippen LogP contribution in [0.15, 0.2) is 0 Å². The van der Waals surface area contributed by atoms with E-state index >= 15 is 0 Å². The van der Waals surface area contributed by atoms with Crippen molar-refractivity contribution in [2.45, 2.75) is 144 Å². The van der Waals surface area contributed by atoms with E-state index in [0.29, 0.717) is 25.9 Å². The summed E-state index contributed by atoms with van der Waals surface area (Å²) in [7, 11) is 1.60. The SMILES string of the molecule is CC.CC#CC.CO[C@@H]1C[C@H](O[C@H]2[C@H](C)C[C@@H](C)CC3(CO3)C(=O)[C@H](C)[C@@H](O)[C@@H](C)[C@@H](C)OC(=O)[C@@H]2C)CC(C)[C@@H]1O. The summed E-state index contributed by atoms with van der Waals surface area (Å²) in [6.07, 6.45) is -0.323. The normalized spacial score (nSPS) is 42.8. The number of methoxy groups -OCH3 is 1. The smallest absolute Gasteiger partial charge is 0.311 e. The molecule has 2 saturated heterocycles. The van der Waals surface area contributed by atoms with E-state index in [1.54, 1.807) is 21.0 Å². The summed E-state index contributed by atoms with van der Waals surface area (Å²) in [5.41, 5.74) is -0.827. The molecule has 1 aliphatic carbocycles. The van der Waals surface area contributed by atoms with Crippen LogP contribution < -0.4 is 0 Å². The van der Waals surface area contributed by atoms with E-state index in [1.165, 1.54) is 0 Å². The summed E-state index contributed by atoms with van der Waals surface area (Å²) in [4.78, 5) is 26.6. The van der Waals surface area contributed by atoms with E-state index in [0.717, 1.165) is 6.42 Å². The van der Waals surface area contributed by atoms with Crippen LogP contribution in [0.25, 0.3) is 0 Å². The molecule has 42 heavy (non-hydrogen) atoms. The van der Waals surface area contributed by atoms with Gasteiger partial charge in [0.2, 0.25) is 0 Å².